The largest absolute Gasteiger partial charge is 0.378 e. The molecule has 1 aromatic carbocycles. The molecule has 1 aliphatic rings. The molecule has 0 bridgehead atoms. The standard InChI is InChI=1S/C17H21N5O2/c18-17(23)14-3-1-2-13(10-14)4-5-19-15-11-16(21-12-20-15)22-6-8-24-9-7-22/h1-3,10-12H,4-9H2,(H2,18,23)(H,19,20,21). The predicted octanol–water partition coefficient (Wildman–Crippen LogP) is 1.07. The average Bonchev–Trinajstić information content (AvgIpc) is 2.63. The number of carbonyl (C=O) groups is 1. The summed E-state index contributed by atoms with van der Waals surface area (Å²) in [5.74, 6) is 1.29. The Morgan fingerprint density at radius 2 is 2.08 bits per heavy atom. The van der Waals surface area contributed by atoms with Crippen molar-refractivity contribution < 1.29 is 9.53 Å². The summed E-state index contributed by atoms with van der Waals surface area (Å²) < 4.78 is 5.36. The third-order valence-electron chi connectivity index (χ3n) is 3.92. The van der Waals surface area contributed by atoms with Crippen molar-refractivity contribution in [1.82, 2.24) is 9.97 Å². The first-order chi connectivity index (χ1) is 11.7. The fourth-order valence-electron chi connectivity index (χ4n) is 2.62. The lowest BCUT2D eigenvalue weighted by Gasteiger charge is -2.27. The van der Waals surface area contributed by atoms with Crippen molar-refractivity contribution in [1.29, 1.82) is 0 Å². The Balaban J connectivity index is 1.57. The number of amides is 1. The van der Waals surface area contributed by atoms with E-state index in [2.05, 4.69) is 20.2 Å². The van der Waals surface area contributed by atoms with Gasteiger partial charge >= 0.3 is 0 Å². The molecule has 1 amide bonds. The van der Waals surface area contributed by atoms with Crippen LogP contribution in [0.25, 0.3) is 0 Å². The molecule has 24 heavy (non-hydrogen) atoms. The number of nitrogens with two attached hydrogens (primary N) is 1. The molecule has 7 nitrogen and oxygen atoms in total. The molecule has 1 fully saturated rings. The van der Waals surface area contributed by atoms with E-state index in [1.54, 1.807) is 12.4 Å². The van der Waals surface area contributed by atoms with Crippen LogP contribution >= 0.6 is 0 Å². The fourth-order valence-corrected chi connectivity index (χ4v) is 2.62. The highest BCUT2D eigenvalue weighted by atomic mass is 16.5. The highest BCUT2D eigenvalue weighted by molar-refractivity contribution is 5.92. The number of nitrogens with one attached hydrogen (secondary N) is 1. The van der Waals surface area contributed by atoms with E-state index in [1.807, 2.05) is 24.3 Å². The Labute approximate surface area is 140 Å². The van der Waals surface area contributed by atoms with Crippen LogP contribution < -0.4 is 16.0 Å². The number of hydrogen-bond donors (Lipinski definition) is 2. The lowest BCUT2D eigenvalue weighted by atomic mass is 10.1. The maximum absolute atomic E-state index is 11.2. The van der Waals surface area contributed by atoms with Crippen molar-refractivity contribution >= 4 is 17.5 Å². The summed E-state index contributed by atoms with van der Waals surface area (Å²) in [4.78, 5) is 22.0. The van der Waals surface area contributed by atoms with Crippen molar-refractivity contribution in [3.63, 3.8) is 0 Å². The zero-order valence-corrected chi connectivity index (χ0v) is 13.4. The van der Waals surface area contributed by atoms with Gasteiger partial charge in [0.05, 0.1) is 13.2 Å². The number of rotatable bonds is 6. The minimum absolute atomic E-state index is 0.407. The number of ether oxygens (including phenoxy) is 1. The molecule has 126 valence electrons. The molecule has 2 heterocycles. The molecule has 7 heteroatoms. The quantitative estimate of drug-likeness (QED) is 0.824. The van der Waals surface area contributed by atoms with E-state index >= 15 is 0 Å². The number of hydrogen-bond acceptors (Lipinski definition) is 6. The van der Waals surface area contributed by atoms with Crippen LogP contribution in [0.1, 0.15) is 15.9 Å². The predicted molar refractivity (Wildman–Crippen MR) is 92.2 cm³/mol. The Morgan fingerprint density at radius 3 is 2.88 bits per heavy atom. The van der Waals surface area contributed by atoms with Gasteiger partial charge in [-0.05, 0) is 24.1 Å². The molecule has 1 saturated heterocycles. The number of morpholine rings is 1. The number of nitrogens with zero attached hydrogens (tertiary/aromatic N) is 3. The van der Waals surface area contributed by atoms with Gasteiger partial charge in [-0.1, -0.05) is 12.1 Å². The van der Waals surface area contributed by atoms with E-state index in [1.165, 1.54) is 0 Å². The van der Waals surface area contributed by atoms with E-state index < -0.39 is 5.91 Å². The molecule has 3 N–H and O–H groups in total. The average molecular weight is 327 g/mol. The lowest BCUT2D eigenvalue weighted by Crippen LogP contribution is -2.36. The van der Waals surface area contributed by atoms with Gasteiger partial charge in [-0.15, -0.1) is 0 Å². The number of benzene rings is 1. The van der Waals surface area contributed by atoms with Gasteiger partial charge in [0.1, 0.15) is 18.0 Å². The first-order valence-electron chi connectivity index (χ1n) is 8.00. The summed E-state index contributed by atoms with van der Waals surface area (Å²) in [5.41, 5.74) is 6.89. The molecule has 0 radical (unpaired) electrons. The van der Waals surface area contributed by atoms with E-state index in [4.69, 9.17) is 10.5 Å². The minimum Gasteiger partial charge on any atom is -0.378 e. The van der Waals surface area contributed by atoms with Crippen molar-refractivity contribution in [3.05, 3.63) is 47.8 Å². The van der Waals surface area contributed by atoms with E-state index in [9.17, 15) is 4.79 Å². The zero-order valence-electron chi connectivity index (χ0n) is 13.4. The zero-order chi connectivity index (χ0) is 16.8. The molecule has 1 aliphatic heterocycles. The third kappa shape index (κ3) is 4.20. The van der Waals surface area contributed by atoms with Gasteiger partial charge in [0, 0.05) is 31.3 Å². The Hall–Kier alpha value is -2.67. The fraction of sp³-hybridized carbons (Fsp3) is 0.353. The molecule has 3 rings (SSSR count). The second kappa shape index (κ2) is 7.74. The number of carbonyl (C=O) groups excluding carboxylic acids is 1. The van der Waals surface area contributed by atoms with Crippen LogP contribution in [-0.4, -0.2) is 48.7 Å². The highest BCUT2D eigenvalue weighted by Crippen LogP contribution is 2.15. The number of aromatic nitrogens is 2. The maximum atomic E-state index is 11.2. The Kier molecular flexibility index (Phi) is 5.22. The summed E-state index contributed by atoms with van der Waals surface area (Å²) in [5, 5.41) is 3.30. The molecule has 0 spiro atoms. The van der Waals surface area contributed by atoms with Crippen LogP contribution in [0.2, 0.25) is 0 Å². The lowest BCUT2D eigenvalue weighted by molar-refractivity contribution is 0.1000. The first-order valence-corrected chi connectivity index (χ1v) is 8.00. The van der Waals surface area contributed by atoms with Crippen molar-refractivity contribution in [2.75, 3.05) is 43.1 Å². The van der Waals surface area contributed by atoms with Gasteiger partial charge < -0.3 is 20.7 Å². The van der Waals surface area contributed by atoms with Crippen LogP contribution in [-0.2, 0) is 11.2 Å². The summed E-state index contributed by atoms with van der Waals surface area (Å²) in [7, 11) is 0. The topological polar surface area (TPSA) is 93.4 Å². The molecule has 1 aromatic heterocycles. The summed E-state index contributed by atoms with van der Waals surface area (Å²) in [6, 6.07) is 9.32. The summed E-state index contributed by atoms with van der Waals surface area (Å²) >= 11 is 0. The molecular formula is C17H21N5O2. The molecule has 0 atom stereocenters. The molecular weight excluding hydrogens is 306 g/mol. The maximum Gasteiger partial charge on any atom is 0.248 e. The van der Waals surface area contributed by atoms with Crippen LogP contribution in [0.3, 0.4) is 0 Å². The first kappa shape index (κ1) is 16.2. The van der Waals surface area contributed by atoms with Crippen LogP contribution in [0.5, 0.6) is 0 Å². The van der Waals surface area contributed by atoms with Gasteiger partial charge in [-0.3, -0.25) is 4.79 Å². The molecule has 2 aromatic rings. The number of primary amides is 1. The monoisotopic (exact) mass is 327 g/mol. The Bertz CT molecular complexity index is 701. The van der Waals surface area contributed by atoms with Crippen molar-refractivity contribution in [2.45, 2.75) is 6.42 Å². The van der Waals surface area contributed by atoms with Crippen molar-refractivity contribution in [2.24, 2.45) is 5.73 Å². The van der Waals surface area contributed by atoms with Gasteiger partial charge in [0.25, 0.3) is 0 Å². The van der Waals surface area contributed by atoms with Crippen LogP contribution in [0, 0.1) is 0 Å². The second-order valence-electron chi connectivity index (χ2n) is 5.60. The second-order valence-corrected chi connectivity index (χ2v) is 5.60. The smallest absolute Gasteiger partial charge is 0.248 e. The molecule has 0 saturated carbocycles. The molecule has 0 aliphatic carbocycles. The molecule has 0 unspecified atom stereocenters. The summed E-state index contributed by atoms with van der Waals surface area (Å²) in [6.45, 7) is 3.85. The summed E-state index contributed by atoms with van der Waals surface area (Å²) in [6.07, 6.45) is 2.35. The Morgan fingerprint density at radius 1 is 1.25 bits per heavy atom. The van der Waals surface area contributed by atoms with Crippen LogP contribution in [0.4, 0.5) is 11.6 Å². The minimum atomic E-state index is -0.407. The third-order valence-corrected chi connectivity index (χ3v) is 3.92. The normalized spacial score (nSPS) is 14.4. The SMILES string of the molecule is NC(=O)c1cccc(CCNc2cc(N3CCOCC3)ncn2)c1. The van der Waals surface area contributed by atoms with Gasteiger partial charge in [-0.2, -0.15) is 0 Å². The highest BCUT2D eigenvalue weighted by Gasteiger charge is 2.12. The van der Waals surface area contributed by atoms with Crippen LogP contribution in [0.15, 0.2) is 36.7 Å². The van der Waals surface area contributed by atoms with E-state index in [-0.39, 0.29) is 0 Å². The number of anilines is 2. The van der Waals surface area contributed by atoms with Gasteiger partial charge in [0.2, 0.25) is 5.91 Å². The van der Waals surface area contributed by atoms with E-state index in [0.717, 1.165) is 49.9 Å². The van der Waals surface area contributed by atoms with Crippen molar-refractivity contribution in [3.8, 4) is 0 Å². The van der Waals surface area contributed by atoms with E-state index in [0.29, 0.717) is 12.1 Å². The van der Waals surface area contributed by atoms with Gasteiger partial charge in [0.15, 0.2) is 0 Å². The van der Waals surface area contributed by atoms with Gasteiger partial charge in [-0.25, -0.2) is 9.97 Å².